The SMILES string of the molecule is CCN1CCCC(n2c(CCl)nc3cc(C)ccc32)C1. The lowest BCUT2D eigenvalue weighted by atomic mass is 10.0. The molecule has 108 valence electrons. The normalized spacial score (nSPS) is 20.6. The second-order valence-corrected chi connectivity index (χ2v) is 5.98. The molecule has 3 rings (SSSR count). The highest BCUT2D eigenvalue weighted by Crippen LogP contribution is 2.29. The third-order valence-corrected chi connectivity index (χ3v) is 4.57. The fourth-order valence-corrected chi connectivity index (χ4v) is 3.48. The van der Waals surface area contributed by atoms with Gasteiger partial charge in [-0.25, -0.2) is 4.98 Å². The minimum atomic E-state index is 0.482. The number of hydrogen-bond acceptors (Lipinski definition) is 2. The summed E-state index contributed by atoms with van der Waals surface area (Å²) < 4.78 is 2.38. The van der Waals surface area contributed by atoms with Crippen LogP contribution in [0.2, 0.25) is 0 Å². The van der Waals surface area contributed by atoms with Gasteiger partial charge in [0.15, 0.2) is 0 Å². The molecule has 1 unspecified atom stereocenters. The highest BCUT2D eigenvalue weighted by molar-refractivity contribution is 6.16. The summed E-state index contributed by atoms with van der Waals surface area (Å²) in [7, 11) is 0. The summed E-state index contributed by atoms with van der Waals surface area (Å²) in [5, 5.41) is 0. The number of rotatable bonds is 3. The number of likely N-dealkylation sites (N-methyl/N-ethyl adjacent to an activating group) is 1. The number of benzene rings is 1. The molecular weight excluding hydrogens is 270 g/mol. The van der Waals surface area contributed by atoms with E-state index in [-0.39, 0.29) is 0 Å². The zero-order chi connectivity index (χ0) is 14.1. The summed E-state index contributed by atoms with van der Waals surface area (Å²) >= 11 is 6.14. The van der Waals surface area contributed by atoms with Crippen LogP contribution in [0.15, 0.2) is 18.2 Å². The van der Waals surface area contributed by atoms with Crippen molar-refractivity contribution in [1.82, 2.24) is 14.5 Å². The Morgan fingerprint density at radius 1 is 1.40 bits per heavy atom. The molecular formula is C16H22ClN3. The minimum Gasteiger partial charge on any atom is -0.323 e. The van der Waals surface area contributed by atoms with Crippen LogP contribution in [-0.2, 0) is 5.88 Å². The largest absolute Gasteiger partial charge is 0.323 e. The van der Waals surface area contributed by atoms with Crippen LogP contribution in [0.25, 0.3) is 11.0 Å². The van der Waals surface area contributed by atoms with Gasteiger partial charge in [-0.3, -0.25) is 0 Å². The number of likely N-dealkylation sites (tertiary alicyclic amines) is 1. The fourth-order valence-electron chi connectivity index (χ4n) is 3.29. The highest BCUT2D eigenvalue weighted by atomic mass is 35.5. The number of hydrogen-bond donors (Lipinski definition) is 0. The van der Waals surface area contributed by atoms with Gasteiger partial charge >= 0.3 is 0 Å². The molecule has 1 saturated heterocycles. The van der Waals surface area contributed by atoms with E-state index in [9.17, 15) is 0 Å². The molecule has 1 fully saturated rings. The Balaban J connectivity index is 2.04. The van der Waals surface area contributed by atoms with E-state index < -0.39 is 0 Å². The monoisotopic (exact) mass is 291 g/mol. The molecule has 1 aromatic carbocycles. The maximum Gasteiger partial charge on any atom is 0.125 e. The third-order valence-electron chi connectivity index (χ3n) is 4.33. The van der Waals surface area contributed by atoms with Crippen LogP contribution < -0.4 is 0 Å². The van der Waals surface area contributed by atoms with E-state index in [1.165, 1.54) is 30.5 Å². The lowest BCUT2D eigenvalue weighted by Gasteiger charge is -2.33. The van der Waals surface area contributed by atoms with Crippen LogP contribution in [0.3, 0.4) is 0 Å². The maximum absolute atomic E-state index is 6.14. The van der Waals surface area contributed by atoms with Gasteiger partial charge in [-0.05, 0) is 50.6 Å². The van der Waals surface area contributed by atoms with Crippen molar-refractivity contribution in [2.45, 2.75) is 38.6 Å². The van der Waals surface area contributed by atoms with E-state index in [1.54, 1.807) is 0 Å². The summed E-state index contributed by atoms with van der Waals surface area (Å²) in [6.45, 7) is 7.80. The van der Waals surface area contributed by atoms with Crippen LogP contribution in [0.1, 0.15) is 37.2 Å². The number of aromatic nitrogens is 2. The van der Waals surface area contributed by atoms with E-state index >= 15 is 0 Å². The Morgan fingerprint density at radius 2 is 2.25 bits per heavy atom. The maximum atomic E-state index is 6.14. The molecule has 4 heteroatoms. The van der Waals surface area contributed by atoms with Crippen molar-refractivity contribution < 1.29 is 0 Å². The number of fused-ring (bicyclic) bond motifs is 1. The molecule has 0 aliphatic carbocycles. The lowest BCUT2D eigenvalue weighted by Crippen LogP contribution is -2.36. The van der Waals surface area contributed by atoms with Crippen LogP contribution in [0, 0.1) is 6.92 Å². The molecule has 2 aromatic rings. The molecule has 0 spiro atoms. The first-order valence-corrected chi connectivity index (χ1v) is 8.02. The molecule has 20 heavy (non-hydrogen) atoms. The summed E-state index contributed by atoms with van der Waals surface area (Å²) in [6.07, 6.45) is 2.48. The van der Waals surface area contributed by atoms with Crippen LogP contribution in [0.4, 0.5) is 0 Å². The molecule has 1 aromatic heterocycles. The smallest absolute Gasteiger partial charge is 0.125 e. The zero-order valence-corrected chi connectivity index (χ0v) is 13.0. The number of alkyl halides is 1. The first-order chi connectivity index (χ1) is 9.72. The van der Waals surface area contributed by atoms with E-state index in [1.807, 2.05) is 0 Å². The molecule has 2 heterocycles. The second kappa shape index (κ2) is 5.74. The quantitative estimate of drug-likeness (QED) is 0.803. The first-order valence-electron chi connectivity index (χ1n) is 7.48. The molecule has 1 atom stereocenters. The lowest BCUT2D eigenvalue weighted by molar-refractivity contribution is 0.186. The molecule has 0 amide bonds. The minimum absolute atomic E-state index is 0.482. The average molecular weight is 292 g/mol. The van der Waals surface area contributed by atoms with E-state index in [0.29, 0.717) is 11.9 Å². The van der Waals surface area contributed by atoms with Gasteiger partial charge < -0.3 is 9.47 Å². The standard InChI is InChI=1S/C16H22ClN3/c1-3-19-8-4-5-13(11-19)20-15-7-6-12(2)9-14(15)18-16(20)10-17/h6-7,9,13H,3-5,8,10-11H2,1-2H3. The van der Waals surface area contributed by atoms with Crippen LogP contribution in [-0.4, -0.2) is 34.1 Å². The van der Waals surface area contributed by atoms with Crippen LogP contribution in [0.5, 0.6) is 0 Å². The molecule has 0 radical (unpaired) electrons. The van der Waals surface area contributed by atoms with Crippen molar-refractivity contribution >= 4 is 22.6 Å². The number of nitrogens with zero attached hydrogens (tertiary/aromatic N) is 3. The van der Waals surface area contributed by atoms with Gasteiger partial charge in [-0.2, -0.15) is 0 Å². The van der Waals surface area contributed by atoms with Gasteiger partial charge in [-0.15, -0.1) is 11.6 Å². The zero-order valence-electron chi connectivity index (χ0n) is 12.3. The van der Waals surface area contributed by atoms with Crippen LogP contribution >= 0.6 is 11.6 Å². The average Bonchev–Trinajstić information content (AvgIpc) is 2.84. The number of halogens is 1. The Kier molecular flexibility index (Phi) is 3.99. The van der Waals surface area contributed by atoms with E-state index in [4.69, 9.17) is 16.6 Å². The number of aryl methyl sites for hydroxylation is 1. The molecule has 0 N–H and O–H groups in total. The summed E-state index contributed by atoms with van der Waals surface area (Å²) in [4.78, 5) is 7.25. The van der Waals surface area contributed by atoms with Crippen molar-refractivity contribution in [2.75, 3.05) is 19.6 Å². The molecule has 0 bridgehead atoms. The highest BCUT2D eigenvalue weighted by Gasteiger charge is 2.24. The molecule has 0 saturated carbocycles. The van der Waals surface area contributed by atoms with E-state index in [2.05, 4.69) is 41.5 Å². The Morgan fingerprint density at radius 3 is 3.00 bits per heavy atom. The summed E-state index contributed by atoms with van der Waals surface area (Å²) in [6, 6.07) is 7.02. The Bertz CT molecular complexity index is 605. The van der Waals surface area contributed by atoms with Gasteiger partial charge in [-0.1, -0.05) is 13.0 Å². The van der Waals surface area contributed by atoms with E-state index in [0.717, 1.165) is 24.4 Å². The van der Waals surface area contributed by atoms with Crippen molar-refractivity contribution in [1.29, 1.82) is 0 Å². The van der Waals surface area contributed by atoms with Gasteiger partial charge in [0.2, 0.25) is 0 Å². The van der Waals surface area contributed by atoms with Crippen molar-refractivity contribution in [3.63, 3.8) is 0 Å². The van der Waals surface area contributed by atoms with Crippen molar-refractivity contribution in [3.05, 3.63) is 29.6 Å². The Hall–Kier alpha value is -1.06. The summed E-state index contributed by atoms with van der Waals surface area (Å²) in [5.41, 5.74) is 3.56. The first kappa shape index (κ1) is 13.9. The molecule has 1 aliphatic rings. The van der Waals surface area contributed by atoms with Gasteiger partial charge in [0, 0.05) is 12.6 Å². The van der Waals surface area contributed by atoms with Crippen molar-refractivity contribution in [2.24, 2.45) is 0 Å². The van der Waals surface area contributed by atoms with Gasteiger partial charge in [0.05, 0.1) is 16.9 Å². The van der Waals surface area contributed by atoms with Gasteiger partial charge in [0.1, 0.15) is 5.82 Å². The van der Waals surface area contributed by atoms with Gasteiger partial charge in [0.25, 0.3) is 0 Å². The third kappa shape index (κ3) is 2.45. The summed E-state index contributed by atoms with van der Waals surface area (Å²) in [5.74, 6) is 1.49. The second-order valence-electron chi connectivity index (χ2n) is 5.71. The Labute approximate surface area is 125 Å². The fraction of sp³-hybridized carbons (Fsp3) is 0.562. The molecule has 1 aliphatic heterocycles. The predicted octanol–water partition coefficient (Wildman–Crippen LogP) is 3.74. The van der Waals surface area contributed by atoms with Crippen molar-refractivity contribution in [3.8, 4) is 0 Å². The number of piperidine rings is 1. The predicted molar refractivity (Wildman–Crippen MR) is 84.4 cm³/mol. The molecule has 3 nitrogen and oxygen atoms in total. The number of imidazole rings is 1. The topological polar surface area (TPSA) is 21.1 Å².